The lowest BCUT2D eigenvalue weighted by Crippen LogP contribution is -2.37. The van der Waals surface area contributed by atoms with Crippen LogP contribution in [0.15, 0.2) is 9.59 Å². The largest absolute Gasteiger partial charge is 0.332 e. The van der Waals surface area contributed by atoms with Crippen molar-refractivity contribution in [2.45, 2.75) is 63.8 Å². The van der Waals surface area contributed by atoms with Gasteiger partial charge in [0.1, 0.15) is 0 Å². The van der Waals surface area contributed by atoms with E-state index in [4.69, 9.17) is 0 Å². The third kappa shape index (κ3) is 2.26. The predicted octanol–water partition coefficient (Wildman–Crippen LogP) is 2.37. The highest BCUT2D eigenvalue weighted by atomic mass is 16.2. The zero-order valence-corrected chi connectivity index (χ0v) is 16.0. The Kier molecular flexibility index (Phi) is 3.74. The first-order chi connectivity index (χ1) is 13.1. The van der Waals surface area contributed by atoms with Gasteiger partial charge in [0.05, 0.1) is 5.39 Å². The molecule has 0 saturated heterocycles. The summed E-state index contributed by atoms with van der Waals surface area (Å²) in [7, 11) is 3.20. The van der Waals surface area contributed by atoms with Gasteiger partial charge >= 0.3 is 5.69 Å². The molecule has 0 unspecified atom stereocenters. The molecule has 3 aromatic rings. The average Bonchev–Trinajstić information content (AvgIpc) is 3.05. The molecule has 0 radical (unpaired) electrons. The normalized spacial score (nSPS) is 18.3. The quantitative estimate of drug-likeness (QED) is 0.662. The van der Waals surface area contributed by atoms with E-state index >= 15 is 0 Å². The summed E-state index contributed by atoms with van der Waals surface area (Å²) in [5, 5.41) is 10.4. The fourth-order valence-corrected chi connectivity index (χ4v) is 5.17. The highest BCUT2D eigenvalue weighted by Gasteiger charge is 2.29. The van der Waals surface area contributed by atoms with Gasteiger partial charge in [-0.1, -0.05) is 19.3 Å². The predicted molar refractivity (Wildman–Crippen MR) is 104 cm³/mol. The summed E-state index contributed by atoms with van der Waals surface area (Å²) in [6.45, 7) is 0. The van der Waals surface area contributed by atoms with Crippen molar-refractivity contribution in [3.05, 3.63) is 32.1 Å². The summed E-state index contributed by atoms with van der Waals surface area (Å²) in [4.78, 5) is 25.4. The Bertz CT molecular complexity index is 1180. The number of aryl methyl sites for hydroxylation is 2. The lowest BCUT2D eigenvalue weighted by molar-refractivity contribution is 0.350. The summed E-state index contributed by atoms with van der Waals surface area (Å²) >= 11 is 0. The van der Waals surface area contributed by atoms with Gasteiger partial charge in [0.25, 0.3) is 5.56 Å². The van der Waals surface area contributed by atoms with Crippen LogP contribution < -0.4 is 11.2 Å². The first-order valence-corrected chi connectivity index (χ1v) is 10.1. The van der Waals surface area contributed by atoms with Crippen molar-refractivity contribution in [3.63, 3.8) is 0 Å². The molecular weight excluding hydrogens is 342 g/mol. The molecule has 0 atom stereocenters. The maximum Gasteiger partial charge on any atom is 0.332 e. The summed E-state index contributed by atoms with van der Waals surface area (Å²) in [5.74, 6) is 0. The fraction of sp³-hybridized carbons (Fsp3) is 0.600. The van der Waals surface area contributed by atoms with Gasteiger partial charge in [0.2, 0.25) is 0 Å². The van der Waals surface area contributed by atoms with Crippen LogP contribution in [0.3, 0.4) is 0 Å². The molecule has 0 N–H and O–H groups in total. The van der Waals surface area contributed by atoms with Crippen LogP contribution in [0.2, 0.25) is 0 Å². The van der Waals surface area contributed by atoms with Crippen LogP contribution in [0.1, 0.15) is 62.2 Å². The second-order valence-corrected chi connectivity index (χ2v) is 8.10. The van der Waals surface area contributed by atoms with Crippen molar-refractivity contribution in [1.82, 2.24) is 23.9 Å². The third-order valence-electron chi connectivity index (χ3n) is 6.55. The van der Waals surface area contributed by atoms with Crippen molar-refractivity contribution >= 4 is 22.1 Å². The van der Waals surface area contributed by atoms with Gasteiger partial charge < -0.3 is 4.57 Å². The molecule has 0 aromatic carbocycles. The number of fused-ring (bicyclic) bond motifs is 5. The van der Waals surface area contributed by atoms with Gasteiger partial charge in [-0.25, -0.2) is 4.79 Å². The highest BCUT2D eigenvalue weighted by Crippen LogP contribution is 2.39. The Hall–Kier alpha value is -2.44. The van der Waals surface area contributed by atoms with E-state index in [2.05, 4.69) is 14.8 Å². The van der Waals surface area contributed by atoms with Crippen molar-refractivity contribution in [2.24, 2.45) is 14.1 Å². The smallest absolute Gasteiger partial charge is 0.325 e. The topological polar surface area (TPSA) is 74.7 Å². The van der Waals surface area contributed by atoms with Crippen molar-refractivity contribution in [3.8, 4) is 0 Å². The zero-order chi connectivity index (χ0) is 18.7. The Morgan fingerprint density at radius 2 is 1.52 bits per heavy atom. The lowest BCUT2D eigenvalue weighted by atomic mass is 9.93. The van der Waals surface area contributed by atoms with Crippen molar-refractivity contribution in [1.29, 1.82) is 0 Å². The molecule has 7 nitrogen and oxygen atoms in total. The number of hydrogen-bond acceptors (Lipinski definition) is 4. The van der Waals surface area contributed by atoms with Crippen LogP contribution in [0, 0.1) is 0 Å². The molecule has 27 heavy (non-hydrogen) atoms. The van der Waals surface area contributed by atoms with E-state index in [0.29, 0.717) is 17.1 Å². The highest BCUT2D eigenvalue weighted by molar-refractivity contribution is 6.04. The molecule has 0 spiro atoms. The SMILES string of the molecule is Cn1c(=O)c2c3c4c(n(C5CCCCC5)c3nnc2n(C)c1=O)CCCC4. The monoisotopic (exact) mass is 367 g/mol. The van der Waals surface area contributed by atoms with E-state index in [0.717, 1.165) is 30.3 Å². The van der Waals surface area contributed by atoms with E-state index < -0.39 is 0 Å². The molecule has 0 aliphatic heterocycles. The van der Waals surface area contributed by atoms with Crippen LogP contribution in [0.25, 0.3) is 22.1 Å². The summed E-state index contributed by atoms with van der Waals surface area (Å²) < 4.78 is 5.03. The molecule has 1 saturated carbocycles. The van der Waals surface area contributed by atoms with E-state index in [-0.39, 0.29) is 11.2 Å². The van der Waals surface area contributed by atoms with Gasteiger partial charge in [-0.15, -0.1) is 10.2 Å². The molecule has 0 bridgehead atoms. The van der Waals surface area contributed by atoms with Crippen molar-refractivity contribution < 1.29 is 0 Å². The second kappa shape index (κ2) is 6.04. The van der Waals surface area contributed by atoms with E-state index in [1.54, 1.807) is 14.1 Å². The number of hydrogen-bond donors (Lipinski definition) is 0. The van der Waals surface area contributed by atoms with E-state index in [1.807, 2.05) is 0 Å². The Morgan fingerprint density at radius 3 is 2.30 bits per heavy atom. The minimum absolute atomic E-state index is 0.262. The van der Waals surface area contributed by atoms with Crippen LogP contribution in [0.4, 0.5) is 0 Å². The number of rotatable bonds is 1. The Labute approximate surface area is 156 Å². The number of aromatic nitrogens is 5. The first-order valence-electron chi connectivity index (χ1n) is 10.1. The molecule has 2 aliphatic rings. The summed E-state index contributed by atoms with van der Waals surface area (Å²) in [6.07, 6.45) is 10.4. The van der Waals surface area contributed by atoms with Gasteiger partial charge in [0.15, 0.2) is 11.3 Å². The molecule has 142 valence electrons. The van der Waals surface area contributed by atoms with Crippen LogP contribution >= 0.6 is 0 Å². The Morgan fingerprint density at radius 1 is 0.815 bits per heavy atom. The minimum atomic E-state index is -0.360. The van der Waals surface area contributed by atoms with Crippen LogP contribution in [0.5, 0.6) is 0 Å². The molecule has 1 fully saturated rings. The maximum absolute atomic E-state index is 13.1. The molecule has 7 heteroatoms. The van der Waals surface area contributed by atoms with E-state index in [9.17, 15) is 9.59 Å². The molecular formula is C20H25N5O2. The lowest BCUT2D eigenvalue weighted by Gasteiger charge is -2.27. The van der Waals surface area contributed by atoms with Crippen molar-refractivity contribution in [2.75, 3.05) is 0 Å². The summed E-state index contributed by atoms with van der Waals surface area (Å²) in [6, 6.07) is 0.450. The molecule has 3 aromatic heterocycles. The zero-order valence-electron chi connectivity index (χ0n) is 16.0. The average molecular weight is 367 g/mol. The standard InChI is InChI=1S/C20H25N5O2/c1-23-17-16(19(26)24(2)20(23)27)15-13-10-6-7-11-14(13)25(18(15)22-21-17)12-8-4-3-5-9-12/h12H,3-11H2,1-2H3. The molecule has 5 rings (SSSR count). The minimum Gasteiger partial charge on any atom is -0.325 e. The van der Waals surface area contributed by atoms with Gasteiger partial charge in [-0.3, -0.25) is 13.9 Å². The number of nitrogens with zero attached hydrogens (tertiary/aromatic N) is 5. The van der Waals surface area contributed by atoms with Gasteiger partial charge in [-0.2, -0.15) is 0 Å². The van der Waals surface area contributed by atoms with Gasteiger partial charge in [0, 0.05) is 31.2 Å². The van der Waals surface area contributed by atoms with Crippen LogP contribution in [-0.4, -0.2) is 23.9 Å². The molecule has 3 heterocycles. The summed E-state index contributed by atoms with van der Waals surface area (Å²) in [5.41, 5.74) is 3.23. The molecule has 0 amide bonds. The van der Waals surface area contributed by atoms with E-state index in [1.165, 1.54) is 58.9 Å². The maximum atomic E-state index is 13.1. The first kappa shape index (κ1) is 16.7. The third-order valence-corrected chi connectivity index (χ3v) is 6.55. The van der Waals surface area contributed by atoms with Gasteiger partial charge in [-0.05, 0) is 44.1 Å². The molecule has 2 aliphatic carbocycles. The Balaban J connectivity index is 1.95. The van der Waals surface area contributed by atoms with Crippen LogP contribution in [-0.2, 0) is 26.9 Å². The fourth-order valence-electron chi connectivity index (χ4n) is 5.17. The second-order valence-electron chi connectivity index (χ2n) is 8.10.